The molecule has 26 heavy (non-hydrogen) atoms. The lowest BCUT2D eigenvalue weighted by Crippen LogP contribution is -2.31. The third kappa shape index (κ3) is 7.54. The van der Waals surface area contributed by atoms with E-state index in [1.807, 2.05) is 37.3 Å². The van der Waals surface area contributed by atoms with Crippen LogP contribution in [0.2, 0.25) is 0 Å². The molecule has 0 heterocycles. The third-order valence-corrected chi connectivity index (χ3v) is 5.61. The molecule has 1 aromatic rings. The SMILES string of the molecule is Cc1cccc(/C=C/S(=O)(=O)NC2CCC(/C=C/CCCC(=O)O)C2)c1. The zero-order valence-corrected chi connectivity index (χ0v) is 15.9. The minimum atomic E-state index is -3.46. The summed E-state index contributed by atoms with van der Waals surface area (Å²) in [7, 11) is -3.46. The number of hydrogen-bond acceptors (Lipinski definition) is 3. The first-order chi connectivity index (χ1) is 12.3. The van der Waals surface area contributed by atoms with Gasteiger partial charge in [-0.1, -0.05) is 42.0 Å². The topological polar surface area (TPSA) is 83.5 Å². The Labute approximate surface area is 155 Å². The Morgan fingerprint density at radius 3 is 2.88 bits per heavy atom. The molecule has 0 bridgehead atoms. The predicted molar refractivity (Wildman–Crippen MR) is 104 cm³/mol. The van der Waals surface area contributed by atoms with Crippen molar-refractivity contribution in [2.75, 3.05) is 0 Å². The highest BCUT2D eigenvalue weighted by atomic mass is 32.2. The van der Waals surface area contributed by atoms with Crippen LogP contribution in [0.4, 0.5) is 0 Å². The van der Waals surface area contributed by atoms with Gasteiger partial charge in [0.2, 0.25) is 10.0 Å². The lowest BCUT2D eigenvalue weighted by Gasteiger charge is -2.10. The Bertz CT molecular complexity index is 768. The molecular weight excluding hydrogens is 350 g/mol. The van der Waals surface area contributed by atoms with Crippen molar-refractivity contribution in [1.82, 2.24) is 4.72 Å². The molecule has 0 aliphatic heterocycles. The number of carboxylic acid groups (broad SMARTS) is 1. The fraction of sp³-hybridized carbons (Fsp3) is 0.450. The molecule has 1 aliphatic carbocycles. The van der Waals surface area contributed by atoms with E-state index in [1.54, 1.807) is 6.08 Å². The van der Waals surface area contributed by atoms with Crippen molar-refractivity contribution in [2.24, 2.45) is 5.92 Å². The van der Waals surface area contributed by atoms with Crippen LogP contribution >= 0.6 is 0 Å². The van der Waals surface area contributed by atoms with Crippen LogP contribution in [0.1, 0.15) is 49.7 Å². The molecule has 1 aromatic carbocycles. The molecule has 0 amide bonds. The molecule has 0 saturated heterocycles. The molecule has 1 fully saturated rings. The smallest absolute Gasteiger partial charge is 0.303 e. The molecule has 0 radical (unpaired) electrons. The Balaban J connectivity index is 1.79. The molecule has 0 aromatic heterocycles. The highest BCUT2D eigenvalue weighted by Crippen LogP contribution is 2.27. The van der Waals surface area contributed by atoms with E-state index < -0.39 is 16.0 Å². The number of rotatable bonds is 9. The van der Waals surface area contributed by atoms with Gasteiger partial charge in [0, 0.05) is 17.9 Å². The van der Waals surface area contributed by atoms with Crippen molar-refractivity contribution < 1.29 is 18.3 Å². The van der Waals surface area contributed by atoms with E-state index in [-0.39, 0.29) is 12.5 Å². The van der Waals surface area contributed by atoms with Crippen molar-refractivity contribution in [3.05, 3.63) is 53.0 Å². The molecule has 2 N–H and O–H groups in total. The Kier molecular flexibility index (Phi) is 7.60. The number of aryl methyl sites for hydroxylation is 1. The van der Waals surface area contributed by atoms with Gasteiger partial charge in [-0.15, -0.1) is 0 Å². The van der Waals surface area contributed by atoms with Gasteiger partial charge >= 0.3 is 5.97 Å². The van der Waals surface area contributed by atoms with Gasteiger partial charge in [-0.3, -0.25) is 4.79 Å². The fourth-order valence-corrected chi connectivity index (χ4v) is 4.27. The molecule has 1 saturated carbocycles. The number of hydrogen-bond donors (Lipinski definition) is 2. The summed E-state index contributed by atoms with van der Waals surface area (Å²) in [6.45, 7) is 1.97. The summed E-state index contributed by atoms with van der Waals surface area (Å²) in [5.41, 5.74) is 1.95. The van der Waals surface area contributed by atoms with Gasteiger partial charge in [0.25, 0.3) is 0 Å². The van der Waals surface area contributed by atoms with E-state index in [9.17, 15) is 13.2 Å². The molecule has 0 spiro atoms. The lowest BCUT2D eigenvalue weighted by molar-refractivity contribution is -0.137. The standard InChI is InChI=1S/C20H27NO4S/c1-16-6-5-8-18(14-16)12-13-26(24,25)21-19-11-10-17(15-19)7-3-2-4-9-20(22)23/h3,5-8,12-14,17,19,21H,2,4,9-11,15H2,1H3,(H,22,23)/b7-3+,13-12+. The highest BCUT2D eigenvalue weighted by molar-refractivity contribution is 7.92. The quantitative estimate of drug-likeness (QED) is 0.505. The number of sulfonamides is 1. The average molecular weight is 378 g/mol. The van der Waals surface area contributed by atoms with Crippen LogP contribution in [0, 0.1) is 12.8 Å². The Morgan fingerprint density at radius 1 is 1.35 bits per heavy atom. The first-order valence-electron chi connectivity index (χ1n) is 8.99. The maximum absolute atomic E-state index is 12.2. The van der Waals surface area contributed by atoms with Crippen molar-refractivity contribution in [2.45, 2.75) is 51.5 Å². The van der Waals surface area contributed by atoms with Crippen LogP contribution in [0.5, 0.6) is 0 Å². The summed E-state index contributed by atoms with van der Waals surface area (Å²) < 4.78 is 27.2. The number of nitrogens with one attached hydrogen (secondary N) is 1. The van der Waals surface area contributed by atoms with Crippen LogP contribution in [0.15, 0.2) is 41.8 Å². The van der Waals surface area contributed by atoms with Crippen molar-refractivity contribution in [1.29, 1.82) is 0 Å². The van der Waals surface area contributed by atoms with Crippen LogP contribution in [0.25, 0.3) is 6.08 Å². The second-order valence-electron chi connectivity index (χ2n) is 6.86. The first-order valence-corrected chi connectivity index (χ1v) is 10.5. The van der Waals surface area contributed by atoms with Crippen LogP contribution in [0.3, 0.4) is 0 Å². The Morgan fingerprint density at radius 2 is 2.15 bits per heavy atom. The van der Waals surface area contributed by atoms with Crippen molar-refractivity contribution in [3.63, 3.8) is 0 Å². The van der Waals surface area contributed by atoms with Gasteiger partial charge in [-0.25, -0.2) is 13.1 Å². The number of aliphatic carboxylic acids is 1. The summed E-state index contributed by atoms with van der Waals surface area (Å²) in [5, 5.41) is 9.84. The summed E-state index contributed by atoms with van der Waals surface area (Å²) in [5.74, 6) is -0.416. The monoisotopic (exact) mass is 377 g/mol. The molecule has 5 nitrogen and oxygen atoms in total. The average Bonchev–Trinajstić information content (AvgIpc) is 2.99. The van der Waals surface area contributed by atoms with Crippen LogP contribution in [-0.2, 0) is 14.8 Å². The van der Waals surface area contributed by atoms with E-state index in [2.05, 4.69) is 10.8 Å². The third-order valence-electron chi connectivity index (χ3n) is 4.46. The summed E-state index contributed by atoms with van der Waals surface area (Å²) in [4.78, 5) is 10.5. The molecule has 142 valence electrons. The van der Waals surface area contributed by atoms with Gasteiger partial charge in [-0.2, -0.15) is 0 Å². The molecule has 2 rings (SSSR count). The number of allylic oxidation sites excluding steroid dienone is 2. The molecular formula is C20H27NO4S. The van der Waals surface area contributed by atoms with Crippen LogP contribution in [-0.4, -0.2) is 25.5 Å². The second-order valence-corrected chi connectivity index (χ2v) is 8.46. The summed E-state index contributed by atoms with van der Waals surface area (Å²) >= 11 is 0. The zero-order valence-electron chi connectivity index (χ0n) is 15.1. The fourth-order valence-electron chi connectivity index (χ4n) is 3.17. The van der Waals surface area contributed by atoms with Crippen molar-refractivity contribution in [3.8, 4) is 0 Å². The number of carbonyl (C=O) groups is 1. The number of unbranched alkanes of at least 4 members (excludes halogenated alkanes) is 1. The van der Waals surface area contributed by atoms with E-state index in [4.69, 9.17) is 5.11 Å². The van der Waals surface area contributed by atoms with Gasteiger partial charge in [0.05, 0.1) is 0 Å². The minimum Gasteiger partial charge on any atom is -0.481 e. The Hall–Kier alpha value is -1.92. The summed E-state index contributed by atoms with van der Waals surface area (Å²) in [6.07, 6.45) is 9.85. The van der Waals surface area contributed by atoms with Gasteiger partial charge in [-0.05, 0) is 56.6 Å². The minimum absolute atomic E-state index is 0.0455. The van der Waals surface area contributed by atoms with Crippen LogP contribution < -0.4 is 4.72 Å². The largest absolute Gasteiger partial charge is 0.481 e. The van der Waals surface area contributed by atoms with Gasteiger partial charge in [0.1, 0.15) is 0 Å². The predicted octanol–water partition coefficient (Wildman–Crippen LogP) is 3.86. The lowest BCUT2D eigenvalue weighted by atomic mass is 10.1. The van der Waals surface area contributed by atoms with E-state index in [0.29, 0.717) is 12.3 Å². The van der Waals surface area contributed by atoms with Crippen molar-refractivity contribution >= 4 is 22.1 Å². The second kappa shape index (κ2) is 9.69. The van der Waals surface area contributed by atoms with Gasteiger partial charge in [0.15, 0.2) is 0 Å². The first kappa shape index (κ1) is 20.4. The van der Waals surface area contributed by atoms with E-state index in [0.717, 1.165) is 36.8 Å². The van der Waals surface area contributed by atoms with Gasteiger partial charge < -0.3 is 5.11 Å². The number of benzene rings is 1. The maximum Gasteiger partial charge on any atom is 0.303 e. The molecule has 2 atom stereocenters. The molecule has 1 aliphatic rings. The molecule has 2 unspecified atom stereocenters. The molecule has 6 heteroatoms. The normalized spacial score (nSPS) is 21.0. The van der Waals surface area contributed by atoms with E-state index >= 15 is 0 Å². The maximum atomic E-state index is 12.2. The zero-order chi connectivity index (χ0) is 19.0. The summed E-state index contributed by atoms with van der Waals surface area (Å²) in [6, 6.07) is 7.64. The van der Waals surface area contributed by atoms with E-state index in [1.165, 1.54) is 5.41 Å². The highest BCUT2D eigenvalue weighted by Gasteiger charge is 2.25. The number of carboxylic acids is 1.